The lowest BCUT2D eigenvalue weighted by atomic mass is 10.00. The summed E-state index contributed by atoms with van der Waals surface area (Å²) in [5, 5.41) is 13.5. The van der Waals surface area contributed by atoms with Gasteiger partial charge < -0.3 is 10.8 Å². The van der Waals surface area contributed by atoms with Gasteiger partial charge in [-0.15, -0.1) is 0 Å². The topological polar surface area (TPSA) is 77.0 Å². The fourth-order valence-corrected chi connectivity index (χ4v) is 0.814. The van der Waals surface area contributed by atoms with Crippen LogP contribution < -0.4 is 5.73 Å². The lowest BCUT2D eigenvalue weighted by Gasteiger charge is -2.22. The molecule has 0 radical (unpaired) electrons. The Kier molecular flexibility index (Phi) is 2.16. The van der Waals surface area contributed by atoms with Crippen molar-refractivity contribution in [3.63, 3.8) is 0 Å². The van der Waals surface area contributed by atoms with Gasteiger partial charge in [0.1, 0.15) is 6.33 Å². The largest absolute Gasteiger partial charge is 0.388 e. The lowest BCUT2D eigenvalue weighted by molar-refractivity contribution is 0.0488. The van der Waals surface area contributed by atoms with E-state index in [0.717, 1.165) is 0 Å². The summed E-state index contributed by atoms with van der Waals surface area (Å²) in [6.07, 6.45) is 1.56. The van der Waals surface area contributed by atoms with Crippen LogP contribution in [0.5, 0.6) is 0 Å². The first-order chi connectivity index (χ1) is 5.41. The number of aliphatic hydroxyl groups is 1. The van der Waals surface area contributed by atoms with Gasteiger partial charge in [-0.25, -0.2) is 4.98 Å². The quantitative estimate of drug-likeness (QED) is 0.632. The summed E-state index contributed by atoms with van der Waals surface area (Å²) in [5.74, 6) is 0.463. The Labute approximate surface area is 71.2 Å². The molecule has 1 aromatic heterocycles. The molecule has 0 saturated carbocycles. The molecule has 0 spiro atoms. The summed E-state index contributed by atoms with van der Waals surface area (Å²) in [7, 11) is 1.76. The van der Waals surface area contributed by atoms with Gasteiger partial charge in [0, 0.05) is 7.05 Å². The number of rotatable bonds is 2. The number of hydrogen-bond acceptors (Lipinski definition) is 4. The molecule has 0 aliphatic heterocycles. The van der Waals surface area contributed by atoms with E-state index in [0.29, 0.717) is 5.82 Å². The van der Waals surface area contributed by atoms with Crippen LogP contribution in [0.3, 0.4) is 0 Å². The SMILES string of the molecule is Cn1cnc(C(N)C(C)(C)O)n1. The van der Waals surface area contributed by atoms with Gasteiger partial charge in [0.05, 0.1) is 11.6 Å². The van der Waals surface area contributed by atoms with E-state index in [1.165, 1.54) is 0 Å². The van der Waals surface area contributed by atoms with Gasteiger partial charge in [-0.1, -0.05) is 0 Å². The fraction of sp³-hybridized carbons (Fsp3) is 0.714. The van der Waals surface area contributed by atoms with E-state index in [9.17, 15) is 5.11 Å². The van der Waals surface area contributed by atoms with Crippen molar-refractivity contribution in [1.29, 1.82) is 0 Å². The molecule has 5 nitrogen and oxygen atoms in total. The van der Waals surface area contributed by atoms with E-state index < -0.39 is 11.6 Å². The molecule has 0 amide bonds. The van der Waals surface area contributed by atoms with E-state index in [4.69, 9.17) is 5.73 Å². The van der Waals surface area contributed by atoms with Crippen LogP contribution in [0.15, 0.2) is 6.33 Å². The molecule has 68 valence electrons. The highest BCUT2D eigenvalue weighted by atomic mass is 16.3. The van der Waals surface area contributed by atoms with Crippen molar-refractivity contribution in [1.82, 2.24) is 14.8 Å². The zero-order valence-electron chi connectivity index (χ0n) is 7.52. The van der Waals surface area contributed by atoms with E-state index in [-0.39, 0.29) is 0 Å². The highest BCUT2D eigenvalue weighted by Crippen LogP contribution is 2.18. The zero-order chi connectivity index (χ0) is 9.35. The maximum absolute atomic E-state index is 9.53. The second-order valence-electron chi connectivity index (χ2n) is 3.41. The summed E-state index contributed by atoms with van der Waals surface area (Å²) in [4.78, 5) is 3.95. The molecule has 1 rings (SSSR count). The van der Waals surface area contributed by atoms with Crippen molar-refractivity contribution in [3.05, 3.63) is 12.2 Å². The first-order valence-corrected chi connectivity index (χ1v) is 3.75. The minimum absolute atomic E-state index is 0.463. The number of aryl methyl sites for hydroxylation is 1. The highest BCUT2D eigenvalue weighted by molar-refractivity contribution is 4.98. The highest BCUT2D eigenvalue weighted by Gasteiger charge is 2.27. The summed E-state index contributed by atoms with van der Waals surface area (Å²) in [6, 6.07) is -0.543. The normalized spacial score (nSPS) is 14.8. The van der Waals surface area contributed by atoms with Crippen molar-refractivity contribution in [2.24, 2.45) is 12.8 Å². The average Bonchev–Trinajstić information content (AvgIpc) is 2.32. The second kappa shape index (κ2) is 2.84. The van der Waals surface area contributed by atoms with Crippen molar-refractivity contribution in [2.45, 2.75) is 25.5 Å². The Balaban J connectivity index is 2.85. The Bertz CT molecular complexity index is 263. The predicted octanol–water partition coefficient (Wildman–Crippen LogP) is -0.414. The summed E-state index contributed by atoms with van der Waals surface area (Å²) in [6.45, 7) is 3.27. The molecule has 12 heavy (non-hydrogen) atoms. The number of nitrogens with zero attached hydrogens (tertiary/aromatic N) is 3. The third-order valence-corrected chi connectivity index (χ3v) is 1.66. The standard InChI is InChI=1S/C7H14N4O/c1-7(2,12)5(8)6-9-4-11(3)10-6/h4-5,12H,8H2,1-3H3. The lowest BCUT2D eigenvalue weighted by Crippen LogP contribution is -2.35. The van der Waals surface area contributed by atoms with Crippen LogP contribution in [0.1, 0.15) is 25.7 Å². The number of aromatic nitrogens is 3. The fourth-order valence-electron chi connectivity index (χ4n) is 0.814. The van der Waals surface area contributed by atoms with Gasteiger partial charge in [0.2, 0.25) is 0 Å². The van der Waals surface area contributed by atoms with Crippen LogP contribution in [0.4, 0.5) is 0 Å². The molecule has 1 atom stereocenters. The summed E-state index contributed by atoms with van der Waals surface area (Å²) >= 11 is 0. The Morgan fingerprint density at radius 2 is 2.25 bits per heavy atom. The minimum atomic E-state index is -0.985. The van der Waals surface area contributed by atoms with Crippen molar-refractivity contribution in [2.75, 3.05) is 0 Å². The van der Waals surface area contributed by atoms with Gasteiger partial charge >= 0.3 is 0 Å². The third kappa shape index (κ3) is 1.80. The van der Waals surface area contributed by atoms with Gasteiger partial charge in [-0.05, 0) is 13.8 Å². The molecule has 1 unspecified atom stereocenters. The molecule has 0 aromatic carbocycles. The molecule has 5 heteroatoms. The summed E-state index contributed by atoms with van der Waals surface area (Å²) in [5.41, 5.74) is 4.71. The molecule has 0 fully saturated rings. The van der Waals surface area contributed by atoms with Crippen LogP contribution >= 0.6 is 0 Å². The van der Waals surface area contributed by atoms with E-state index in [2.05, 4.69) is 10.1 Å². The number of nitrogens with two attached hydrogens (primary N) is 1. The molecular formula is C7H14N4O. The van der Waals surface area contributed by atoms with Gasteiger partial charge in [-0.2, -0.15) is 5.10 Å². The molecule has 0 bridgehead atoms. The molecule has 1 heterocycles. The van der Waals surface area contributed by atoms with Gasteiger partial charge in [0.25, 0.3) is 0 Å². The van der Waals surface area contributed by atoms with Crippen molar-refractivity contribution >= 4 is 0 Å². The number of hydrogen-bond donors (Lipinski definition) is 2. The maximum Gasteiger partial charge on any atom is 0.170 e. The minimum Gasteiger partial charge on any atom is -0.388 e. The summed E-state index contributed by atoms with van der Waals surface area (Å²) < 4.78 is 1.56. The first-order valence-electron chi connectivity index (χ1n) is 3.75. The van der Waals surface area contributed by atoms with Gasteiger partial charge in [-0.3, -0.25) is 4.68 Å². The van der Waals surface area contributed by atoms with Crippen LogP contribution in [0, 0.1) is 0 Å². The Morgan fingerprint density at radius 3 is 2.58 bits per heavy atom. The third-order valence-electron chi connectivity index (χ3n) is 1.66. The van der Waals surface area contributed by atoms with E-state index in [1.54, 1.807) is 31.9 Å². The first kappa shape index (κ1) is 9.15. The van der Waals surface area contributed by atoms with Crippen molar-refractivity contribution in [3.8, 4) is 0 Å². The van der Waals surface area contributed by atoms with E-state index in [1.807, 2.05) is 0 Å². The Morgan fingerprint density at radius 1 is 1.67 bits per heavy atom. The average molecular weight is 170 g/mol. The van der Waals surface area contributed by atoms with Crippen LogP contribution in [-0.4, -0.2) is 25.5 Å². The zero-order valence-corrected chi connectivity index (χ0v) is 7.52. The van der Waals surface area contributed by atoms with Crippen LogP contribution in [0.25, 0.3) is 0 Å². The second-order valence-corrected chi connectivity index (χ2v) is 3.41. The Hall–Kier alpha value is -0.940. The smallest absolute Gasteiger partial charge is 0.170 e. The van der Waals surface area contributed by atoms with Crippen LogP contribution in [0.2, 0.25) is 0 Å². The predicted molar refractivity (Wildman–Crippen MR) is 44.2 cm³/mol. The van der Waals surface area contributed by atoms with E-state index >= 15 is 0 Å². The maximum atomic E-state index is 9.53. The van der Waals surface area contributed by atoms with Gasteiger partial charge in [0.15, 0.2) is 5.82 Å². The molecule has 1 aromatic rings. The van der Waals surface area contributed by atoms with Crippen molar-refractivity contribution < 1.29 is 5.11 Å². The monoisotopic (exact) mass is 170 g/mol. The molecule has 0 aliphatic carbocycles. The molecule has 0 aliphatic rings. The van der Waals surface area contributed by atoms with Crippen LogP contribution in [-0.2, 0) is 7.05 Å². The molecule has 0 saturated heterocycles. The molecule has 3 N–H and O–H groups in total. The molecular weight excluding hydrogens is 156 g/mol.